The van der Waals surface area contributed by atoms with Crippen LogP contribution in [-0.2, 0) is 6.42 Å². The molecule has 2 aromatic rings. The average molecular weight is 220 g/mol. The van der Waals surface area contributed by atoms with Gasteiger partial charge in [0.2, 0.25) is 5.88 Å². The van der Waals surface area contributed by atoms with E-state index in [1.165, 1.54) is 0 Å². The van der Waals surface area contributed by atoms with Gasteiger partial charge in [-0.15, -0.1) is 5.10 Å². The van der Waals surface area contributed by atoms with Gasteiger partial charge in [-0.3, -0.25) is 0 Å². The van der Waals surface area contributed by atoms with Crippen LogP contribution in [0.4, 0.5) is 0 Å². The summed E-state index contributed by atoms with van der Waals surface area (Å²) in [5.41, 5.74) is 0.827. The third kappa shape index (κ3) is 2.14. The van der Waals surface area contributed by atoms with Gasteiger partial charge in [-0.1, -0.05) is 6.07 Å². The molecule has 0 bridgehead atoms. The molecule has 5 heteroatoms. The van der Waals surface area contributed by atoms with Crippen molar-refractivity contribution in [3.05, 3.63) is 24.0 Å². The molecule has 0 aromatic carbocycles. The lowest BCUT2D eigenvalue weighted by Crippen LogP contribution is -2.15. The number of rotatable bonds is 4. The fourth-order valence-corrected chi connectivity index (χ4v) is 1.51. The Morgan fingerprint density at radius 2 is 2.19 bits per heavy atom. The highest BCUT2D eigenvalue weighted by atomic mass is 16.5. The lowest BCUT2D eigenvalue weighted by atomic mass is 10.4. The summed E-state index contributed by atoms with van der Waals surface area (Å²) in [4.78, 5) is 6.55. The molecule has 0 radical (unpaired) electrons. The van der Waals surface area contributed by atoms with Crippen LogP contribution in [0.5, 0.6) is 5.88 Å². The summed E-state index contributed by atoms with van der Waals surface area (Å²) in [6, 6.07) is 5.71. The predicted molar refractivity (Wildman–Crippen MR) is 61.8 cm³/mol. The number of likely N-dealkylation sites (N-methyl/N-ethyl adjacent to an activating group) is 1. The molecule has 2 aromatic heterocycles. The first-order valence-electron chi connectivity index (χ1n) is 5.24. The fraction of sp³-hybridized carbons (Fsp3) is 0.455. The molecule has 0 N–H and O–H groups in total. The highest BCUT2D eigenvalue weighted by Gasteiger charge is 2.06. The van der Waals surface area contributed by atoms with Gasteiger partial charge in [0, 0.05) is 19.0 Å². The third-order valence-electron chi connectivity index (χ3n) is 2.36. The van der Waals surface area contributed by atoms with Gasteiger partial charge in [0.1, 0.15) is 0 Å². The second kappa shape index (κ2) is 4.49. The molecular weight excluding hydrogens is 204 g/mol. The van der Waals surface area contributed by atoms with Gasteiger partial charge in [-0.25, -0.2) is 4.98 Å². The monoisotopic (exact) mass is 220 g/mol. The second-order valence-corrected chi connectivity index (χ2v) is 3.92. The third-order valence-corrected chi connectivity index (χ3v) is 2.36. The number of ether oxygens (including phenoxy) is 1. The molecule has 0 fully saturated rings. The second-order valence-electron chi connectivity index (χ2n) is 3.92. The van der Waals surface area contributed by atoms with Crippen LogP contribution in [0.3, 0.4) is 0 Å². The molecular formula is C11H16N4O. The lowest BCUT2D eigenvalue weighted by molar-refractivity contribution is 0.384. The Kier molecular flexibility index (Phi) is 3.05. The molecule has 0 saturated heterocycles. The molecule has 2 rings (SSSR count). The standard InChI is InChI=1S/C11H16N4O/c1-14(2)8-7-9-12-10-5-4-6-11(16-3)15(10)13-9/h4-6H,7-8H2,1-3H3. The van der Waals surface area contributed by atoms with E-state index in [0.717, 1.165) is 24.4 Å². The molecule has 0 aliphatic carbocycles. The SMILES string of the molecule is COc1cccc2nc(CCN(C)C)nn12. The van der Waals surface area contributed by atoms with Crippen molar-refractivity contribution in [2.75, 3.05) is 27.7 Å². The zero-order chi connectivity index (χ0) is 11.5. The van der Waals surface area contributed by atoms with E-state index in [0.29, 0.717) is 5.88 Å². The Hall–Kier alpha value is -1.62. The van der Waals surface area contributed by atoms with Crippen molar-refractivity contribution in [2.45, 2.75) is 6.42 Å². The van der Waals surface area contributed by atoms with Crippen LogP contribution < -0.4 is 4.74 Å². The van der Waals surface area contributed by atoms with E-state index in [1.807, 2.05) is 32.3 Å². The van der Waals surface area contributed by atoms with Crippen LogP contribution in [0.2, 0.25) is 0 Å². The van der Waals surface area contributed by atoms with Crippen LogP contribution in [0.15, 0.2) is 18.2 Å². The quantitative estimate of drug-likeness (QED) is 0.766. The Bertz CT molecular complexity index is 478. The smallest absolute Gasteiger partial charge is 0.216 e. The molecule has 0 aliphatic heterocycles. The minimum Gasteiger partial charge on any atom is -0.481 e. The van der Waals surface area contributed by atoms with Gasteiger partial charge in [-0.2, -0.15) is 4.52 Å². The minimum atomic E-state index is 0.709. The van der Waals surface area contributed by atoms with E-state index in [-0.39, 0.29) is 0 Å². The first-order valence-corrected chi connectivity index (χ1v) is 5.24. The van der Waals surface area contributed by atoms with E-state index in [4.69, 9.17) is 4.74 Å². The molecule has 0 saturated carbocycles. The molecule has 0 aliphatic rings. The predicted octanol–water partition coefficient (Wildman–Crippen LogP) is 0.842. The van der Waals surface area contributed by atoms with Crippen LogP contribution in [0, 0.1) is 0 Å². The van der Waals surface area contributed by atoms with Crippen molar-refractivity contribution in [1.82, 2.24) is 19.5 Å². The van der Waals surface area contributed by atoms with E-state index in [9.17, 15) is 0 Å². The Morgan fingerprint density at radius 3 is 2.88 bits per heavy atom. The number of fused-ring (bicyclic) bond motifs is 1. The Balaban J connectivity index is 2.29. The normalized spacial score (nSPS) is 11.2. The van der Waals surface area contributed by atoms with Crippen LogP contribution in [-0.4, -0.2) is 47.2 Å². The topological polar surface area (TPSA) is 42.7 Å². The largest absolute Gasteiger partial charge is 0.481 e. The van der Waals surface area contributed by atoms with Crippen LogP contribution in [0.25, 0.3) is 5.65 Å². The molecule has 0 spiro atoms. The summed E-state index contributed by atoms with van der Waals surface area (Å²) in [6.45, 7) is 0.944. The van der Waals surface area contributed by atoms with Crippen LogP contribution >= 0.6 is 0 Å². The maximum absolute atomic E-state index is 5.22. The zero-order valence-electron chi connectivity index (χ0n) is 9.84. The molecule has 16 heavy (non-hydrogen) atoms. The molecule has 0 atom stereocenters. The summed E-state index contributed by atoms with van der Waals surface area (Å²) < 4.78 is 6.94. The minimum absolute atomic E-state index is 0.709. The zero-order valence-corrected chi connectivity index (χ0v) is 9.84. The maximum Gasteiger partial charge on any atom is 0.216 e. The van der Waals surface area contributed by atoms with Gasteiger partial charge in [0.15, 0.2) is 11.5 Å². The number of methoxy groups -OCH3 is 1. The molecule has 0 amide bonds. The summed E-state index contributed by atoms with van der Waals surface area (Å²) in [5, 5.41) is 4.41. The summed E-state index contributed by atoms with van der Waals surface area (Å²) in [5.74, 6) is 1.55. The van der Waals surface area contributed by atoms with Crippen molar-refractivity contribution in [2.24, 2.45) is 0 Å². The number of hydrogen-bond acceptors (Lipinski definition) is 4. The Labute approximate surface area is 94.7 Å². The summed E-state index contributed by atoms with van der Waals surface area (Å²) in [6.07, 6.45) is 0.845. The fourth-order valence-electron chi connectivity index (χ4n) is 1.51. The van der Waals surface area contributed by atoms with Gasteiger partial charge in [0.25, 0.3) is 0 Å². The molecule has 0 unspecified atom stereocenters. The van der Waals surface area contributed by atoms with Gasteiger partial charge >= 0.3 is 0 Å². The van der Waals surface area contributed by atoms with E-state index in [1.54, 1.807) is 11.6 Å². The lowest BCUT2D eigenvalue weighted by Gasteiger charge is -2.05. The molecule has 5 nitrogen and oxygen atoms in total. The van der Waals surface area contributed by atoms with Crippen molar-refractivity contribution in [3.8, 4) is 5.88 Å². The number of pyridine rings is 1. The molecule has 2 heterocycles. The first kappa shape index (κ1) is 10.9. The van der Waals surface area contributed by atoms with Crippen molar-refractivity contribution < 1.29 is 4.74 Å². The van der Waals surface area contributed by atoms with Gasteiger partial charge < -0.3 is 9.64 Å². The van der Waals surface area contributed by atoms with Gasteiger partial charge in [-0.05, 0) is 20.2 Å². The van der Waals surface area contributed by atoms with Crippen LogP contribution in [0.1, 0.15) is 5.82 Å². The van der Waals surface area contributed by atoms with Crippen molar-refractivity contribution in [3.63, 3.8) is 0 Å². The van der Waals surface area contributed by atoms with Gasteiger partial charge in [0.05, 0.1) is 7.11 Å². The number of hydrogen-bond donors (Lipinski definition) is 0. The maximum atomic E-state index is 5.22. The van der Waals surface area contributed by atoms with E-state index < -0.39 is 0 Å². The number of nitrogens with zero attached hydrogens (tertiary/aromatic N) is 4. The van der Waals surface area contributed by atoms with E-state index >= 15 is 0 Å². The average Bonchev–Trinajstić information content (AvgIpc) is 2.68. The Morgan fingerprint density at radius 1 is 1.38 bits per heavy atom. The van der Waals surface area contributed by atoms with Crippen molar-refractivity contribution in [1.29, 1.82) is 0 Å². The number of aromatic nitrogens is 3. The highest BCUT2D eigenvalue weighted by molar-refractivity contribution is 5.40. The summed E-state index contributed by atoms with van der Waals surface area (Å²) in [7, 11) is 5.71. The van der Waals surface area contributed by atoms with Crippen molar-refractivity contribution >= 4 is 5.65 Å². The van der Waals surface area contributed by atoms with E-state index in [2.05, 4.69) is 15.0 Å². The highest BCUT2D eigenvalue weighted by Crippen LogP contribution is 2.12. The summed E-state index contributed by atoms with van der Waals surface area (Å²) >= 11 is 0. The first-order chi connectivity index (χ1) is 7.70. The molecule has 86 valence electrons.